The molecule has 0 fully saturated rings. The van der Waals surface area contributed by atoms with Gasteiger partial charge in [-0.15, -0.1) is 0 Å². The quantitative estimate of drug-likeness (QED) is 0.793. The molecule has 1 aromatic rings. The predicted octanol–water partition coefficient (Wildman–Crippen LogP) is 2.08. The molecule has 1 aliphatic rings. The van der Waals surface area contributed by atoms with Crippen LogP contribution in [0.3, 0.4) is 0 Å². The zero-order chi connectivity index (χ0) is 11.4. The molecule has 3 heteroatoms. The van der Waals surface area contributed by atoms with Gasteiger partial charge in [-0.2, -0.15) is 0 Å². The van der Waals surface area contributed by atoms with Crippen molar-refractivity contribution in [2.24, 2.45) is 0 Å². The fourth-order valence-electron chi connectivity index (χ4n) is 2.08. The molecule has 0 aromatic heterocycles. The Morgan fingerprint density at radius 1 is 1.38 bits per heavy atom. The van der Waals surface area contributed by atoms with Crippen LogP contribution in [-0.2, 0) is 11.2 Å². The van der Waals surface area contributed by atoms with E-state index in [1.807, 2.05) is 12.1 Å². The summed E-state index contributed by atoms with van der Waals surface area (Å²) in [6.45, 7) is 1.13. The molecule has 1 atom stereocenters. The molecule has 1 aromatic carbocycles. The molecule has 0 aliphatic heterocycles. The van der Waals surface area contributed by atoms with Gasteiger partial charge in [0.25, 0.3) is 0 Å². The van der Waals surface area contributed by atoms with Crippen LogP contribution in [-0.4, -0.2) is 25.4 Å². The summed E-state index contributed by atoms with van der Waals surface area (Å²) >= 11 is 0. The largest absolute Gasteiger partial charge is 0.491 e. The molecule has 0 radical (unpaired) electrons. The number of hydrogen-bond donors (Lipinski definition) is 1. The number of rotatable bonds is 4. The van der Waals surface area contributed by atoms with Crippen LogP contribution in [0.4, 0.5) is 0 Å². The van der Waals surface area contributed by atoms with Gasteiger partial charge in [0.2, 0.25) is 0 Å². The van der Waals surface area contributed by atoms with Crippen LogP contribution in [0.2, 0.25) is 0 Å². The van der Waals surface area contributed by atoms with E-state index in [0.717, 1.165) is 30.6 Å². The molecule has 1 N–H and O–H groups in total. The van der Waals surface area contributed by atoms with Crippen molar-refractivity contribution in [2.75, 3.05) is 20.3 Å². The predicted molar refractivity (Wildman–Crippen MR) is 61.7 cm³/mol. The summed E-state index contributed by atoms with van der Waals surface area (Å²) in [4.78, 5) is 0. The Labute approximate surface area is 96.0 Å². The SMILES string of the molecule is COCCOc1ccc2c(c1)C(O)CCC2. The molecule has 0 heterocycles. The second-order valence-corrected chi connectivity index (χ2v) is 4.11. The molecule has 0 saturated heterocycles. The molecule has 0 spiro atoms. The highest BCUT2D eigenvalue weighted by Crippen LogP contribution is 2.32. The Balaban J connectivity index is 2.08. The van der Waals surface area contributed by atoms with Crippen LogP contribution >= 0.6 is 0 Å². The van der Waals surface area contributed by atoms with E-state index in [1.165, 1.54) is 5.56 Å². The summed E-state index contributed by atoms with van der Waals surface area (Å²) in [5, 5.41) is 9.88. The summed E-state index contributed by atoms with van der Waals surface area (Å²) in [5.41, 5.74) is 2.28. The molecule has 1 unspecified atom stereocenters. The van der Waals surface area contributed by atoms with Gasteiger partial charge < -0.3 is 14.6 Å². The van der Waals surface area contributed by atoms with E-state index in [-0.39, 0.29) is 6.10 Å². The summed E-state index contributed by atoms with van der Waals surface area (Å²) in [6, 6.07) is 5.97. The van der Waals surface area contributed by atoms with Crippen LogP contribution in [0.25, 0.3) is 0 Å². The molecular formula is C13H18O3. The van der Waals surface area contributed by atoms with E-state index in [1.54, 1.807) is 7.11 Å². The van der Waals surface area contributed by atoms with Crippen molar-refractivity contribution < 1.29 is 14.6 Å². The highest BCUT2D eigenvalue weighted by molar-refractivity contribution is 5.38. The third-order valence-corrected chi connectivity index (χ3v) is 2.96. The minimum absolute atomic E-state index is 0.324. The highest BCUT2D eigenvalue weighted by atomic mass is 16.5. The van der Waals surface area contributed by atoms with Crippen LogP contribution in [0.1, 0.15) is 30.1 Å². The van der Waals surface area contributed by atoms with Crippen molar-refractivity contribution in [1.29, 1.82) is 0 Å². The first-order valence-corrected chi connectivity index (χ1v) is 5.74. The number of fused-ring (bicyclic) bond motifs is 1. The van der Waals surface area contributed by atoms with E-state index < -0.39 is 0 Å². The molecule has 0 bridgehead atoms. The van der Waals surface area contributed by atoms with Crippen LogP contribution < -0.4 is 4.74 Å². The highest BCUT2D eigenvalue weighted by Gasteiger charge is 2.18. The fourth-order valence-corrected chi connectivity index (χ4v) is 2.08. The van der Waals surface area contributed by atoms with Gasteiger partial charge >= 0.3 is 0 Å². The van der Waals surface area contributed by atoms with E-state index in [2.05, 4.69) is 6.07 Å². The van der Waals surface area contributed by atoms with Gasteiger partial charge in [0.05, 0.1) is 12.7 Å². The van der Waals surface area contributed by atoms with E-state index in [9.17, 15) is 5.11 Å². The van der Waals surface area contributed by atoms with Gasteiger partial charge in [0, 0.05) is 7.11 Å². The van der Waals surface area contributed by atoms with Crippen molar-refractivity contribution in [1.82, 2.24) is 0 Å². The smallest absolute Gasteiger partial charge is 0.119 e. The minimum atomic E-state index is -0.324. The zero-order valence-electron chi connectivity index (χ0n) is 9.61. The number of aliphatic hydroxyl groups is 1. The second kappa shape index (κ2) is 5.32. The molecule has 16 heavy (non-hydrogen) atoms. The van der Waals surface area contributed by atoms with E-state index >= 15 is 0 Å². The minimum Gasteiger partial charge on any atom is -0.491 e. The Kier molecular flexibility index (Phi) is 3.80. The maximum Gasteiger partial charge on any atom is 0.119 e. The average Bonchev–Trinajstić information content (AvgIpc) is 2.30. The van der Waals surface area contributed by atoms with Crippen molar-refractivity contribution in [3.05, 3.63) is 29.3 Å². The van der Waals surface area contributed by atoms with Crippen molar-refractivity contribution in [3.63, 3.8) is 0 Å². The Morgan fingerprint density at radius 2 is 2.25 bits per heavy atom. The Hall–Kier alpha value is -1.06. The van der Waals surface area contributed by atoms with Gasteiger partial charge in [0.1, 0.15) is 12.4 Å². The van der Waals surface area contributed by atoms with E-state index in [4.69, 9.17) is 9.47 Å². The normalized spacial score (nSPS) is 19.2. The van der Waals surface area contributed by atoms with Crippen LogP contribution in [0.15, 0.2) is 18.2 Å². The number of aliphatic hydroxyl groups excluding tert-OH is 1. The first-order valence-electron chi connectivity index (χ1n) is 5.74. The van der Waals surface area contributed by atoms with Gasteiger partial charge in [-0.1, -0.05) is 6.07 Å². The standard InChI is InChI=1S/C13H18O3/c1-15-7-8-16-11-6-5-10-3-2-4-13(14)12(10)9-11/h5-6,9,13-14H,2-4,7-8H2,1H3. The number of ether oxygens (including phenoxy) is 2. The van der Waals surface area contributed by atoms with Crippen LogP contribution in [0, 0.1) is 0 Å². The molecule has 0 saturated carbocycles. The van der Waals surface area contributed by atoms with Gasteiger partial charge in [-0.05, 0) is 42.5 Å². The summed E-state index contributed by atoms with van der Waals surface area (Å²) in [5.74, 6) is 0.816. The summed E-state index contributed by atoms with van der Waals surface area (Å²) in [7, 11) is 1.65. The molecular weight excluding hydrogens is 204 g/mol. The molecule has 3 nitrogen and oxygen atoms in total. The molecule has 1 aliphatic carbocycles. The number of hydrogen-bond acceptors (Lipinski definition) is 3. The first kappa shape index (κ1) is 11.4. The lowest BCUT2D eigenvalue weighted by Crippen LogP contribution is -2.10. The average molecular weight is 222 g/mol. The fraction of sp³-hybridized carbons (Fsp3) is 0.538. The van der Waals surface area contributed by atoms with Gasteiger partial charge in [-0.3, -0.25) is 0 Å². The Morgan fingerprint density at radius 3 is 3.06 bits per heavy atom. The lowest BCUT2D eigenvalue weighted by Gasteiger charge is -2.21. The lowest BCUT2D eigenvalue weighted by atomic mass is 9.89. The molecule has 2 rings (SSSR count). The molecule has 0 amide bonds. The third kappa shape index (κ3) is 2.54. The van der Waals surface area contributed by atoms with Crippen molar-refractivity contribution >= 4 is 0 Å². The number of methoxy groups -OCH3 is 1. The van der Waals surface area contributed by atoms with Crippen molar-refractivity contribution in [2.45, 2.75) is 25.4 Å². The van der Waals surface area contributed by atoms with Gasteiger partial charge in [0.15, 0.2) is 0 Å². The van der Waals surface area contributed by atoms with E-state index in [0.29, 0.717) is 13.2 Å². The monoisotopic (exact) mass is 222 g/mol. The van der Waals surface area contributed by atoms with Crippen LogP contribution in [0.5, 0.6) is 5.75 Å². The lowest BCUT2D eigenvalue weighted by molar-refractivity contribution is 0.144. The summed E-state index contributed by atoms with van der Waals surface area (Å²) < 4.78 is 10.4. The Bertz CT molecular complexity index is 349. The third-order valence-electron chi connectivity index (χ3n) is 2.96. The topological polar surface area (TPSA) is 38.7 Å². The zero-order valence-corrected chi connectivity index (χ0v) is 9.61. The maximum absolute atomic E-state index is 9.88. The maximum atomic E-state index is 9.88. The second-order valence-electron chi connectivity index (χ2n) is 4.11. The van der Waals surface area contributed by atoms with Gasteiger partial charge in [-0.25, -0.2) is 0 Å². The number of aryl methyl sites for hydroxylation is 1. The van der Waals surface area contributed by atoms with Crippen molar-refractivity contribution in [3.8, 4) is 5.75 Å². The summed E-state index contributed by atoms with van der Waals surface area (Å²) in [6.07, 6.45) is 2.66. The molecule has 88 valence electrons. The first-order chi connectivity index (χ1) is 7.81. The number of benzene rings is 1.